The predicted molar refractivity (Wildman–Crippen MR) is 94.6 cm³/mol. The Morgan fingerprint density at radius 3 is 2.67 bits per heavy atom. The zero-order chi connectivity index (χ0) is 20.0. The number of carboxylic acid groups (broad SMARTS) is 1. The van der Waals surface area contributed by atoms with Crippen LogP contribution in [0.2, 0.25) is 0 Å². The molecule has 2 aromatic rings. The van der Waals surface area contributed by atoms with Crippen molar-refractivity contribution in [2.45, 2.75) is 26.4 Å². The number of aryl methyl sites for hydroxylation is 1. The summed E-state index contributed by atoms with van der Waals surface area (Å²) in [6.07, 6.45) is 4.14. The van der Waals surface area contributed by atoms with Crippen molar-refractivity contribution in [2.75, 3.05) is 25.6 Å². The van der Waals surface area contributed by atoms with Gasteiger partial charge in [-0.05, 0) is 13.8 Å². The van der Waals surface area contributed by atoms with Crippen molar-refractivity contribution < 1.29 is 24.2 Å². The van der Waals surface area contributed by atoms with Crippen LogP contribution in [0.25, 0.3) is 0 Å². The van der Waals surface area contributed by atoms with E-state index < -0.39 is 23.8 Å². The second kappa shape index (κ2) is 8.94. The van der Waals surface area contributed by atoms with Crippen LogP contribution in [0.1, 0.15) is 40.7 Å². The summed E-state index contributed by atoms with van der Waals surface area (Å²) in [6, 6.07) is -0.906. The first-order valence-corrected chi connectivity index (χ1v) is 8.30. The Kier molecular flexibility index (Phi) is 6.66. The fourth-order valence-corrected chi connectivity index (χ4v) is 2.17. The van der Waals surface area contributed by atoms with E-state index in [-0.39, 0.29) is 16.9 Å². The van der Waals surface area contributed by atoms with Crippen LogP contribution in [0.5, 0.6) is 0 Å². The third kappa shape index (κ3) is 4.91. The number of carbonyl (C=O) groups excluding carboxylic acids is 2. The largest absolute Gasteiger partial charge is 0.480 e. The Balaban J connectivity index is 2.16. The van der Waals surface area contributed by atoms with Gasteiger partial charge in [-0.1, -0.05) is 0 Å². The third-order valence-corrected chi connectivity index (χ3v) is 3.76. The average molecular weight is 378 g/mol. The lowest BCUT2D eigenvalue weighted by atomic mass is 10.3. The number of hydrogen-bond donors (Lipinski definition) is 3. The van der Waals surface area contributed by atoms with Crippen LogP contribution in [0.4, 0.5) is 5.69 Å². The summed E-state index contributed by atoms with van der Waals surface area (Å²) in [7, 11) is 1.52. The first-order valence-electron chi connectivity index (χ1n) is 8.30. The number of rotatable bonds is 9. The molecule has 11 heteroatoms. The highest BCUT2D eigenvalue weighted by atomic mass is 16.5. The standard InChI is InChI=1S/C16H22N6O5/c1-4-21-9-12(13(20-21)15(24)17-5-6-27-3)19-14(23)11-7-18-22(8-11)10(2)16(25)26/h7-10H,4-6H2,1-3H3,(H,17,24)(H,19,23)(H,25,26). The molecule has 0 bridgehead atoms. The molecule has 0 aliphatic carbocycles. The second-order valence-electron chi connectivity index (χ2n) is 5.67. The van der Waals surface area contributed by atoms with Crippen LogP contribution >= 0.6 is 0 Å². The summed E-state index contributed by atoms with van der Waals surface area (Å²) in [5.41, 5.74) is 0.487. The van der Waals surface area contributed by atoms with E-state index in [9.17, 15) is 14.4 Å². The molecule has 0 aliphatic rings. The molecule has 2 aromatic heterocycles. The fraction of sp³-hybridized carbons (Fsp3) is 0.438. The molecule has 1 atom stereocenters. The van der Waals surface area contributed by atoms with Crippen LogP contribution < -0.4 is 10.6 Å². The lowest BCUT2D eigenvalue weighted by Gasteiger charge is -2.06. The van der Waals surface area contributed by atoms with Gasteiger partial charge in [0.2, 0.25) is 0 Å². The van der Waals surface area contributed by atoms with E-state index in [4.69, 9.17) is 9.84 Å². The Bertz CT molecular complexity index is 827. The Hall–Kier alpha value is -3.21. The van der Waals surface area contributed by atoms with Gasteiger partial charge in [0.15, 0.2) is 5.69 Å². The Labute approximate surface area is 155 Å². The lowest BCUT2D eigenvalue weighted by Crippen LogP contribution is -2.28. The number of carbonyl (C=O) groups is 3. The summed E-state index contributed by atoms with van der Waals surface area (Å²) >= 11 is 0. The van der Waals surface area contributed by atoms with Gasteiger partial charge in [0.05, 0.1) is 24.1 Å². The molecule has 0 aromatic carbocycles. The van der Waals surface area contributed by atoms with E-state index in [1.165, 1.54) is 35.8 Å². The van der Waals surface area contributed by atoms with Crippen LogP contribution in [0, 0.1) is 0 Å². The van der Waals surface area contributed by atoms with Gasteiger partial charge in [0.25, 0.3) is 11.8 Å². The number of aromatic nitrogens is 4. The van der Waals surface area contributed by atoms with Gasteiger partial charge in [-0.25, -0.2) is 4.79 Å². The maximum Gasteiger partial charge on any atom is 0.328 e. The van der Waals surface area contributed by atoms with Crippen molar-refractivity contribution in [3.63, 3.8) is 0 Å². The SMILES string of the molecule is CCn1cc(NC(=O)c2cnn(C(C)C(=O)O)c2)c(C(=O)NCCOC)n1. The second-order valence-corrected chi connectivity index (χ2v) is 5.67. The van der Waals surface area contributed by atoms with Crippen LogP contribution in [0.3, 0.4) is 0 Å². The zero-order valence-corrected chi connectivity index (χ0v) is 15.3. The lowest BCUT2D eigenvalue weighted by molar-refractivity contribution is -0.140. The normalized spacial score (nSPS) is 11.8. The van der Waals surface area contributed by atoms with E-state index in [1.807, 2.05) is 6.92 Å². The predicted octanol–water partition coefficient (Wildman–Crippen LogP) is 0.374. The molecule has 0 aliphatic heterocycles. The summed E-state index contributed by atoms with van der Waals surface area (Å²) in [5.74, 6) is -2.03. The van der Waals surface area contributed by atoms with Crippen molar-refractivity contribution in [1.29, 1.82) is 0 Å². The minimum Gasteiger partial charge on any atom is -0.480 e. The molecule has 11 nitrogen and oxygen atoms in total. The van der Waals surface area contributed by atoms with Crippen molar-refractivity contribution in [2.24, 2.45) is 0 Å². The van der Waals surface area contributed by atoms with E-state index in [0.29, 0.717) is 19.7 Å². The summed E-state index contributed by atoms with van der Waals surface area (Å²) in [6.45, 7) is 4.47. The first-order chi connectivity index (χ1) is 12.9. The van der Waals surface area contributed by atoms with Crippen molar-refractivity contribution in [3.05, 3.63) is 29.8 Å². The van der Waals surface area contributed by atoms with E-state index >= 15 is 0 Å². The topological polar surface area (TPSA) is 140 Å². The molecule has 3 N–H and O–H groups in total. The molecule has 0 spiro atoms. The number of hydrogen-bond acceptors (Lipinski definition) is 6. The minimum absolute atomic E-state index is 0.0765. The Morgan fingerprint density at radius 2 is 2.04 bits per heavy atom. The summed E-state index contributed by atoms with van der Waals surface area (Å²) < 4.78 is 7.58. The van der Waals surface area contributed by atoms with Crippen LogP contribution in [-0.2, 0) is 16.1 Å². The highest BCUT2D eigenvalue weighted by Gasteiger charge is 2.21. The van der Waals surface area contributed by atoms with Gasteiger partial charge in [0.1, 0.15) is 6.04 Å². The molecule has 0 radical (unpaired) electrons. The number of anilines is 1. The van der Waals surface area contributed by atoms with Crippen molar-refractivity contribution >= 4 is 23.5 Å². The molecule has 1 unspecified atom stereocenters. The number of nitrogens with zero attached hydrogens (tertiary/aromatic N) is 4. The van der Waals surface area contributed by atoms with Crippen molar-refractivity contribution in [1.82, 2.24) is 24.9 Å². The fourth-order valence-electron chi connectivity index (χ4n) is 2.17. The van der Waals surface area contributed by atoms with Gasteiger partial charge in [-0.3, -0.25) is 19.0 Å². The quantitative estimate of drug-likeness (QED) is 0.536. The molecular formula is C16H22N6O5. The first kappa shape index (κ1) is 20.1. The number of nitrogens with one attached hydrogen (secondary N) is 2. The highest BCUT2D eigenvalue weighted by molar-refractivity contribution is 6.08. The number of carboxylic acids is 1. The molecule has 146 valence electrons. The van der Waals surface area contributed by atoms with Gasteiger partial charge in [-0.2, -0.15) is 10.2 Å². The van der Waals surface area contributed by atoms with Gasteiger partial charge >= 0.3 is 5.97 Å². The van der Waals surface area contributed by atoms with Gasteiger partial charge < -0.3 is 20.5 Å². The number of ether oxygens (including phenoxy) is 1. The van der Waals surface area contributed by atoms with Crippen LogP contribution in [-0.4, -0.2) is 62.7 Å². The summed E-state index contributed by atoms with van der Waals surface area (Å²) in [4.78, 5) is 35.7. The van der Waals surface area contributed by atoms with Gasteiger partial charge in [-0.15, -0.1) is 0 Å². The average Bonchev–Trinajstić information content (AvgIpc) is 3.28. The number of amides is 2. The molecule has 0 saturated heterocycles. The Morgan fingerprint density at radius 1 is 1.30 bits per heavy atom. The molecule has 0 fully saturated rings. The minimum atomic E-state index is -1.07. The third-order valence-electron chi connectivity index (χ3n) is 3.76. The molecule has 2 amide bonds. The number of methoxy groups -OCH3 is 1. The van der Waals surface area contributed by atoms with E-state index in [1.54, 1.807) is 6.20 Å². The van der Waals surface area contributed by atoms with E-state index in [2.05, 4.69) is 20.8 Å². The molecular weight excluding hydrogens is 356 g/mol. The molecule has 2 heterocycles. The highest BCUT2D eigenvalue weighted by Crippen LogP contribution is 2.16. The zero-order valence-electron chi connectivity index (χ0n) is 15.3. The summed E-state index contributed by atoms with van der Waals surface area (Å²) in [5, 5.41) is 22.3. The van der Waals surface area contributed by atoms with E-state index in [0.717, 1.165) is 0 Å². The van der Waals surface area contributed by atoms with Gasteiger partial charge in [0, 0.05) is 32.6 Å². The molecule has 2 rings (SSSR count). The number of aliphatic carboxylic acids is 1. The van der Waals surface area contributed by atoms with Crippen molar-refractivity contribution in [3.8, 4) is 0 Å². The molecule has 27 heavy (non-hydrogen) atoms. The van der Waals surface area contributed by atoms with Crippen LogP contribution in [0.15, 0.2) is 18.6 Å². The monoisotopic (exact) mass is 378 g/mol. The maximum atomic E-state index is 12.5. The maximum absolute atomic E-state index is 12.5. The smallest absolute Gasteiger partial charge is 0.328 e. The molecule has 0 saturated carbocycles.